The quantitative estimate of drug-likeness (QED) is 0.535. The van der Waals surface area contributed by atoms with Crippen LogP contribution in [0.1, 0.15) is 50.2 Å². The third-order valence-corrected chi connectivity index (χ3v) is 4.47. The summed E-state index contributed by atoms with van der Waals surface area (Å²) < 4.78 is 84.3. The molecule has 0 unspecified atom stereocenters. The molecular formula is C19H18F6N2O3. The summed E-state index contributed by atoms with van der Waals surface area (Å²) in [5.74, 6) is -1.67. The molecule has 0 saturated heterocycles. The summed E-state index contributed by atoms with van der Waals surface area (Å²) in [5.41, 5.74) is -3.30. The summed E-state index contributed by atoms with van der Waals surface area (Å²) in [6, 6.07) is 0.785. The van der Waals surface area contributed by atoms with Gasteiger partial charge >= 0.3 is 18.3 Å². The van der Waals surface area contributed by atoms with E-state index >= 15 is 0 Å². The van der Waals surface area contributed by atoms with Crippen LogP contribution in [-0.2, 0) is 24.1 Å². The van der Waals surface area contributed by atoms with Crippen molar-refractivity contribution in [3.05, 3.63) is 51.8 Å². The number of anilines is 1. The summed E-state index contributed by atoms with van der Waals surface area (Å²) in [6.07, 6.45) is -10.1. The normalized spacial score (nSPS) is 12.1. The molecule has 164 valence electrons. The van der Waals surface area contributed by atoms with E-state index in [9.17, 15) is 35.9 Å². The predicted molar refractivity (Wildman–Crippen MR) is 95.2 cm³/mol. The molecule has 0 spiro atoms. The molecule has 2 rings (SSSR count). The van der Waals surface area contributed by atoms with Crippen LogP contribution in [0.4, 0.5) is 32.0 Å². The zero-order valence-corrected chi connectivity index (χ0v) is 16.4. The Morgan fingerprint density at radius 3 is 1.93 bits per heavy atom. The third kappa shape index (κ3) is 4.60. The SMILES string of the molecule is CCOC(=O)c1c(C)c(C(=O)Nc2cc(C(F)(F)F)cc(C(F)(F)F)c2)c(C)n1C. The Morgan fingerprint density at radius 1 is 1.00 bits per heavy atom. The predicted octanol–water partition coefficient (Wildman–Crippen LogP) is 5.11. The number of ether oxygens (including phenoxy) is 1. The molecule has 0 atom stereocenters. The number of hydrogen-bond acceptors (Lipinski definition) is 3. The van der Waals surface area contributed by atoms with E-state index in [0.29, 0.717) is 12.1 Å². The molecule has 0 bridgehead atoms. The Hall–Kier alpha value is -2.98. The molecule has 0 aliphatic heterocycles. The van der Waals surface area contributed by atoms with Gasteiger partial charge in [0, 0.05) is 18.4 Å². The van der Waals surface area contributed by atoms with Gasteiger partial charge in [-0.1, -0.05) is 0 Å². The van der Waals surface area contributed by atoms with Gasteiger partial charge < -0.3 is 14.6 Å². The molecule has 2 aromatic rings. The van der Waals surface area contributed by atoms with E-state index in [1.165, 1.54) is 25.5 Å². The fourth-order valence-electron chi connectivity index (χ4n) is 3.02. The van der Waals surface area contributed by atoms with Crippen molar-refractivity contribution in [2.75, 3.05) is 11.9 Å². The Morgan fingerprint density at radius 2 is 1.50 bits per heavy atom. The number of rotatable bonds is 4. The van der Waals surface area contributed by atoms with Gasteiger partial charge in [-0.2, -0.15) is 26.3 Å². The lowest BCUT2D eigenvalue weighted by Crippen LogP contribution is -2.17. The standard InChI is InChI=1S/C19H18F6N2O3/c1-5-30-17(29)15-9(2)14(10(3)27(15)4)16(28)26-13-7-11(18(20,21)22)6-12(8-13)19(23,24)25/h6-8H,5H2,1-4H3,(H,26,28). The number of amides is 1. The number of hydrogen-bond donors (Lipinski definition) is 1. The van der Waals surface area contributed by atoms with Gasteiger partial charge in [0.25, 0.3) is 5.91 Å². The number of esters is 1. The van der Waals surface area contributed by atoms with Crippen molar-refractivity contribution in [2.45, 2.75) is 33.1 Å². The zero-order chi connectivity index (χ0) is 23.0. The minimum atomic E-state index is -5.05. The molecule has 0 radical (unpaired) electrons. The monoisotopic (exact) mass is 436 g/mol. The number of carbonyl (C=O) groups excluding carboxylic acids is 2. The molecule has 0 aliphatic rings. The number of alkyl halides is 6. The van der Waals surface area contributed by atoms with Crippen LogP contribution in [0.15, 0.2) is 18.2 Å². The van der Waals surface area contributed by atoms with Crippen LogP contribution in [0.2, 0.25) is 0 Å². The van der Waals surface area contributed by atoms with Crippen LogP contribution < -0.4 is 5.32 Å². The van der Waals surface area contributed by atoms with E-state index in [2.05, 4.69) is 5.32 Å². The van der Waals surface area contributed by atoms with Gasteiger partial charge in [0.15, 0.2) is 0 Å². The lowest BCUT2D eigenvalue weighted by molar-refractivity contribution is -0.143. The van der Waals surface area contributed by atoms with Crippen molar-refractivity contribution in [1.82, 2.24) is 4.57 Å². The molecule has 0 aliphatic carbocycles. The number of carbonyl (C=O) groups is 2. The first kappa shape index (κ1) is 23.3. The van der Waals surface area contributed by atoms with Crippen LogP contribution in [0, 0.1) is 13.8 Å². The van der Waals surface area contributed by atoms with Gasteiger partial charge in [0.05, 0.1) is 23.3 Å². The number of aromatic nitrogens is 1. The Kier molecular flexibility index (Phi) is 6.24. The average molecular weight is 436 g/mol. The van der Waals surface area contributed by atoms with E-state index < -0.39 is 41.0 Å². The fraction of sp³-hybridized carbons (Fsp3) is 0.368. The lowest BCUT2D eigenvalue weighted by Gasteiger charge is -2.15. The second-order valence-electron chi connectivity index (χ2n) is 6.46. The van der Waals surface area contributed by atoms with Gasteiger partial charge in [-0.15, -0.1) is 0 Å². The molecule has 0 fully saturated rings. The van der Waals surface area contributed by atoms with E-state index in [1.54, 1.807) is 6.92 Å². The van der Waals surface area contributed by atoms with Gasteiger partial charge in [-0.05, 0) is 44.5 Å². The molecule has 30 heavy (non-hydrogen) atoms. The largest absolute Gasteiger partial charge is 0.461 e. The van der Waals surface area contributed by atoms with Crippen molar-refractivity contribution in [3.8, 4) is 0 Å². The Labute approximate surface area is 167 Å². The Balaban J connectivity index is 2.51. The van der Waals surface area contributed by atoms with Gasteiger partial charge in [0.1, 0.15) is 5.69 Å². The third-order valence-electron chi connectivity index (χ3n) is 4.47. The lowest BCUT2D eigenvalue weighted by atomic mass is 10.1. The molecule has 1 aromatic heterocycles. The second kappa shape index (κ2) is 8.04. The summed E-state index contributed by atoms with van der Waals surface area (Å²) in [6.45, 7) is 4.58. The van der Waals surface area contributed by atoms with Crippen molar-refractivity contribution < 1.29 is 40.7 Å². The van der Waals surface area contributed by atoms with Gasteiger partial charge in [-0.3, -0.25) is 4.79 Å². The zero-order valence-electron chi connectivity index (χ0n) is 16.4. The van der Waals surface area contributed by atoms with Crippen LogP contribution >= 0.6 is 0 Å². The van der Waals surface area contributed by atoms with Crippen LogP contribution in [-0.4, -0.2) is 23.1 Å². The second-order valence-corrected chi connectivity index (χ2v) is 6.46. The first-order chi connectivity index (χ1) is 13.7. The van der Waals surface area contributed by atoms with E-state index in [1.807, 2.05) is 0 Å². The Bertz CT molecular complexity index is 957. The van der Waals surface area contributed by atoms with Crippen molar-refractivity contribution >= 4 is 17.6 Å². The first-order valence-corrected chi connectivity index (χ1v) is 8.62. The number of nitrogens with zero attached hydrogens (tertiary/aromatic N) is 1. The molecule has 0 saturated carbocycles. The highest BCUT2D eigenvalue weighted by atomic mass is 19.4. The number of halogens is 6. The minimum Gasteiger partial charge on any atom is -0.461 e. The summed E-state index contributed by atoms with van der Waals surface area (Å²) in [5, 5.41) is 2.07. The summed E-state index contributed by atoms with van der Waals surface area (Å²) in [4.78, 5) is 24.8. The summed E-state index contributed by atoms with van der Waals surface area (Å²) in [7, 11) is 1.48. The molecular weight excluding hydrogens is 418 g/mol. The fourth-order valence-corrected chi connectivity index (χ4v) is 3.02. The van der Waals surface area contributed by atoms with Crippen LogP contribution in [0.5, 0.6) is 0 Å². The maximum absolute atomic E-state index is 13.0. The van der Waals surface area contributed by atoms with Gasteiger partial charge in [0.2, 0.25) is 0 Å². The van der Waals surface area contributed by atoms with Crippen molar-refractivity contribution in [1.29, 1.82) is 0 Å². The highest BCUT2D eigenvalue weighted by Crippen LogP contribution is 2.37. The molecule has 1 amide bonds. The highest BCUT2D eigenvalue weighted by molar-refractivity contribution is 6.08. The van der Waals surface area contributed by atoms with E-state index in [4.69, 9.17) is 4.74 Å². The molecule has 1 aromatic carbocycles. The minimum absolute atomic E-state index is 0.0342. The molecule has 11 heteroatoms. The van der Waals surface area contributed by atoms with Crippen molar-refractivity contribution in [2.24, 2.45) is 7.05 Å². The maximum Gasteiger partial charge on any atom is 0.416 e. The smallest absolute Gasteiger partial charge is 0.416 e. The first-order valence-electron chi connectivity index (χ1n) is 8.62. The van der Waals surface area contributed by atoms with E-state index in [-0.39, 0.29) is 35.2 Å². The van der Waals surface area contributed by atoms with Crippen LogP contribution in [0.3, 0.4) is 0 Å². The number of nitrogens with one attached hydrogen (secondary N) is 1. The molecule has 1 heterocycles. The van der Waals surface area contributed by atoms with E-state index in [0.717, 1.165) is 0 Å². The average Bonchev–Trinajstić information content (AvgIpc) is 2.82. The maximum atomic E-state index is 13.0. The van der Waals surface area contributed by atoms with Crippen LogP contribution in [0.25, 0.3) is 0 Å². The number of benzene rings is 1. The highest BCUT2D eigenvalue weighted by Gasteiger charge is 2.37. The molecule has 5 nitrogen and oxygen atoms in total. The van der Waals surface area contributed by atoms with Gasteiger partial charge in [-0.25, -0.2) is 4.79 Å². The topological polar surface area (TPSA) is 60.3 Å². The summed E-state index contributed by atoms with van der Waals surface area (Å²) >= 11 is 0. The van der Waals surface area contributed by atoms with Crippen molar-refractivity contribution in [3.63, 3.8) is 0 Å². The molecule has 1 N–H and O–H groups in total.